The number of nitrogens with one attached hydrogen (secondary N) is 1. The molecular weight excluding hydrogens is 306 g/mol. The Morgan fingerprint density at radius 3 is 2.83 bits per heavy atom. The van der Waals surface area contributed by atoms with E-state index < -0.39 is 6.23 Å². The van der Waals surface area contributed by atoms with Gasteiger partial charge in [-0.3, -0.25) is 4.79 Å². The lowest BCUT2D eigenvalue weighted by Crippen LogP contribution is -2.36. The molecule has 3 rings (SSSR count). The van der Waals surface area contributed by atoms with Crippen LogP contribution < -0.4 is 19.5 Å². The molecule has 0 fully saturated rings. The van der Waals surface area contributed by atoms with Gasteiger partial charge in [0.1, 0.15) is 12.4 Å². The SMILES string of the molecule is C=CCOc1ccc(C2NC(=O)c3ccccc3O2)cc1OCC. The van der Waals surface area contributed by atoms with Gasteiger partial charge in [-0.2, -0.15) is 0 Å². The van der Waals surface area contributed by atoms with E-state index in [1.165, 1.54) is 0 Å². The number of rotatable bonds is 6. The Kier molecular flexibility index (Phi) is 4.70. The summed E-state index contributed by atoms with van der Waals surface area (Å²) in [5.41, 5.74) is 1.32. The van der Waals surface area contributed by atoms with Gasteiger partial charge in [0.2, 0.25) is 0 Å². The van der Waals surface area contributed by atoms with Gasteiger partial charge in [-0.1, -0.05) is 24.8 Å². The second kappa shape index (κ2) is 7.08. The third kappa shape index (κ3) is 3.20. The van der Waals surface area contributed by atoms with Crippen LogP contribution in [0.5, 0.6) is 17.2 Å². The summed E-state index contributed by atoms with van der Waals surface area (Å²) in [4.78, 5) is 12.2. The molecule has 1 N–H and O–H groups in total. The summed E-state index contributed by atoms with van der Waals surface area (Å²) < 4.78 is 17.1. The first-order valence-corrected chi connectivity index (χ1v) is 7.80. The van der Waals surface area contributed by atoms with Crippen LogP contribution in [0.25, 0.3) is 0 Å². The molecule has 5 heteroatoms. The molecular formula is C19H19NO4. The number of amides is 1. The number of benzene rings is 2. The molecule has 124 valence electrons. The molecule has 0 aromatic heterocycles. The molecule has 0 spiro atoms. The van der Waals surface area contributed by atoms with E-state index in [0.29, 0.717) is 36.0 Å². The highest BCUT2D eigenvalue weighted by Crippen LogP contribution is 2.34. The smallest absolute Gasteiger partial charge is 0.258 e. The van der Waals surface area contributed by atoms with Crippen LogP contribution in [0.15, 0.2) is 55.1 Å². The third-order valence-electron chi connectivity index (χ3n) is 3.57. The number of carbonyl (C=O) groups is 1. The first-order valence-electron chi connectivity index (χ1n) is 7.80. The lowest BCUT2D eigenvalue weighted by Gasteiger charge is -2.27. The fraction of sp³-hybridized carbons (Fsp3) is 0.211. The molecule has 1 heterocycles. The number of fused-ring (bicyclic) bond motifs is 1. The lowest BCUT2D eigenvalue weighted by molar-refractivity contribution is 0.0755. The number of hydrogen-bond donors (Lipinski definition) is 1. The fourth-order valence-electron chi connectivity index (χ4n) is 2.49. The van der Waals surface area contributed by atoms with Crippen molar-refractivity contribution in [3.63, 3.8) is 0 Å². The predicted octanol–water partition coefficient (Wildman–Crippen LogP) is 3.47. The van der Waals surface area contributed by atoms with E-state index in [4.69, 9.17) is 14.2 Å². The largest absolute Gasteiger partial charge is 0.490 e. The first-order chi connectivity index (χ1) is 11.7. The molecule has 2 aromatic rings. The standard InChI is InChI=1S/C19H19NO4/c1-3-11-23-16-10-9-13(12-17(16)22-4-2)19-20-18(21)14-7-5-6-8-15(14)24-19/h3,5-10,12,19H,1,4,11H2,2H3,(H,20,21). The Balaban J connectivity index is 1.88. The molecule has 5 nitrogen and oxygen atoms in total. The summed E-state index contributed by atoms with van der Waals surface area (Å²) in [5, 5.41) is 2.85. The summed E-state index contributed by atoms with van der Waals surface area (Å²) >= 11 is 0. The van der Waals surface area contributed by atoms with Crippen LogP contribution in [-0.2, 0) is 0 Å². The van der Waals surface area contributed by atoms with Crippen molar-refractivity contribution >= 4 is 5.91 Å². The summed E-state index contributed by atoms with van der Waals surface area (Å²) in [5.74, 6) is 1.64. The zero-order valence-electron chi connectivity index (χ0n) is 13.5. The zero-order chi connectivity index (χ0) is 16.9. The summed E-state index contributed by atoms with van der Waals surface area (Å²) in [6.45, 7) is 6.44. The van der Waals surface area contributed by atoms with Crippen molar-refractivity contribution in [3.05, 3.63) is 66.2 Å². The van der Waals surface area contributed by atoms with Crippen molar-refractivity contribution in [2.45, 2.75) is 13.2 Å². The maximum atomic E-state index is 12.2. The van der Waals surface area contributed by atoms with Gasteiger partial charge in [0.05, 0.1) is 12.2 Å². The van der Waals surface area contributed by atoms with E-state index in [9.17, 15) is 4.79 Å². The Morgan fingerprint density at radius 1 is 1.21 bits per heavy atom. The van der Waals surface area contributed by atoms with Gasteiger partial charge in [0, 0.05) is 5.56 Å². The Hall–Kier alpha value is -2.95. The number of carbonyl (C=O) groups excluding carboxylic acids is 1. The van der Waals surface area contributed by atoms with Gasteiger partial charge in [0.15, 0.2) is 17.7 Å². The maximum absolute atomic E-state index is 12.2. The van der Waals surface area contributed by atoms with Crippen molar-refractivity contribution in [2.24, 2.45) is 0 Å². The highest BCUT2D eigenvalue weighted by Gasteiger charge is 2.26. The Morgan fingerprint density at radius 2 is 2.04 bits per heavy atom. The quantitative estimate of drug-likeness (QED) is 0.826. The monoisotopic (exact) mass is 325 g/mol. The number of hydrogen-bond acceptors (Lipinski definition) is 4. The Bertz CT molecular complexity index is 757. The van der Waals surface area contributed by atoms with Crippen LogP contribution in [-0.4, -0.2) is 19.1 Å². The molecule has 1 unspecified atom stereocenters. The van der Waals surface area contributed by atoms with Crippen LogP contribution in [0, 0.1) is 0 Å². The minimum absolute atomic E-state index is 0.160. The molecule has 1 amide bonds. The minimum Gasteiger partial charge on any atom is -0.490 e. The maximum Gasteiger partial charge on any atom is 0.258 e. The lowest BCUT2D eigenvalue weighted by atomic mass is 10.1. The predicted molar refractivity (Wildman–Crippen MR) is 90.6 cm³/mol. The van der Waals surface area contributed by atoms with Gasteiger partial charge in [-0.25, -0.2) is 0 Å². The van der Waals surface area contributed by atoms with E-state index in [2.05, 4.69) is 11.9 Å². The molecule has 1 aliphatic heterocycles. The van der Waals surface area contributed by atoms with Crippen molar-refractivity contribution in [2.75, 3.05) is 13.2 Å². The number of para-hydroxylation sites is 1. The summed E-state index contributed by atoms with van der Waals surface area (Å²) in [7, 11) is 0. The molecule has 1 aliphatic rings. The van der Waals surface area contributed by atoms with Crippen LogP contribution in [0.3, 0.4) is 0 Å². The van der Waals surface area contributed by atoms with Gasteiger partial charge in [-0.05, 0) is 37.3 Å². The van der Waals surface area contributed by atoms with Gasteiger partial charge in [-0.15, -0.1) is 0 Å². The van der Waals surface area contributed by atoms with Gasteiger partial charge >= 0.3 is 0 Å². The molecule has 24 heavy (non-hydrogen) atoms. The van der Waals surface area contributed by atoms with Gasteiger partial charge < -0.3 is 19.5 Å². The zero-order valence-corrected chi connectivity index (χ0v) is 13.5. The minimum atomic E-state index is -0.569. The third-order valence-corrected chi connectivity index (χ3v) is 3.57. The van der Waals surface area contributed by atoms with Crippen molar-refractivity contribution in [1.29, 1.82) is 0 Å². The number of ether oxygens (including phenoxy) is 3. The van der Waals surface area contributed by atoms with Crippen molar-refractivity contribution in [3.8, 4) is 17.2 Å². The van der Waals surface area contributed by atoms with E-state index in [0.717, 1.165) is 5.56 Å². The fourth-order valence-corrected chi connectivity index (χ4v) is 2.49. The molecule has 0 aliphatic carbocycles. The van der Waals surface area contributed by atoms with E-state index >= 15 is 0 Å². The molecule has 0 saturated carbocycles. The Labute approximate surface area is 140 Å². The van der Waals surface area contributed by atoms with Gasteiger partial charge in [0.25, 0.3) is 5.91 Å². The van der Waals surface area contributed by atoms with Crippen LogP contribution in [0.2, 0.25) is 0 Å². The summed E-state index contributed by atoms with van der Waals surface area (Å²) in [6.07, 6.45) is 1.10. The highest BCUT2D eigenvalue weighted by molar-refractivity contribution is 5.98. The normalized spacial score (nSPS) is 15.7. The molecule has 0 saturated heterocycles. The van der Waals surface area contributed by atoms with E-state index in [1.54, 1.807) is 30.3 Å². The molecule has 1 atom stereocenters. The second-order valence-corrected chi connectivity index (χ2v) is 5.21. The van der Waals surface area contributed by atoms with E-state index in [-0.39, 0.29) is 5.91 Å². The van der Waals surface area contributed by atoms with Crippen molar-refractivity contribution < 1.29 is 19.0 Å². The van der Waals surface area contributed by atoms with Crippen LogP contribution >= 0.6 is 0 Å². The van der Waals surface area contributed by atoms with Crippen LogP contribution in [0.4, 0.5) is 0 Å². The highest BCUT2D eigenvalue weighted by atomic mass is 16.5. The van der Waals surface area contributed by atoms with Crippen LogP contribution in [0.1, 0.15) is 29.1 Å². The summed E-state index contributed by atoms with van der Waals surface area (Å²) in [6, 6.07) is 12.6. The molecule has 0 bridgehead atoms. The van der Waals surface area contributed by atoms with E-state index in [1.807, 2.05) is 25.1 Å². The topological polar surface area (TPSA) is 56.8 Å². The molecule has 2 aromatic carbocycles. The average Bonchev–Trinajstić information content (AvgIpc) is 2.61. The second-order valence-electron chi connectivity index (χ2n) is 5.21. The first kappa shape index (κ1) is 15.9. The van der Waals surface area contributed by atoms with Crippen molar-refractivity contribution in [1.82, 2.24) is 5.32 Å². The average molecular weight is 325 g/mol. The molecule has 0 radical (unpaired) electrons.